The van der Waals surface area contributed by atoms with Crippen LogP contribution in [-0.2, 0) is 0 Å². The molecule has 0 radical (unpaired) electrons. The van der Waals surface area contributed by atoms with Crippen molar-refractivity contribution in [1.82, 2.24) is 9.97 Å². The van der Waals surface area contributed by atoms with Crippen LogP contribution in [0.15, 0.2) is 85.2 Å². The summed E-state index contributed by atoms with van der Waals surface area (Å²) >= 11 is 0. The molecule has 3 aromatic carbocycles. The summed E-state index contributed by atoms with van der Waals surface area (Å²) in [6, 6.07) is 26.2. The molecule has 0 saturated heterocycles. The molecule has 0 atom stereocenters. The van der Waals surface area contributed by atoms with Crippen LogP contribution in [0.3, 0.4) is 0 Å². The number of pyridine rings is 2. The maximum Gasteiger partial charge on any atom is 0.270 e. The largest absolute Gasteiger partial charge is 0.361 e. The van der Waals surface area contributed by atoms with E-state index in [-0.39, 0.29) is 0 Å². The molecule has 0 fully saturated rings. The predicted octanol–water partition coefficient (Wildman–Crippen LogP) is 6.54. The van der Waals surface area contributed by atoms with Gasteiger partial charge in [-0.15, -0.1) is 4.98 Å². The van der Waals surface area contributed by atoms with Gasteiger partial charge in [-0.1, -0.05) is 55.1 Å². The van der Waals surface area contributed by atoms with Gasteiger partial charge in [0.05, 0.1) is 0 Å². The molecule has 2 heterocycles. The zero-order valence-electron chi connectivity index (χ0n) is 15.9. The van der Waals surface area contributed by atoms with Gasteiger partial charge in [-0.05, 0) is 68.1 Å². The molecule has 5 rings (SSSR count). The van der Waals surface area contributed by atoms with E-state index < -0.39 is 0 Å². The summed E-state index contributed by atoms with van der Waals surface area (Å²) in [4.78, 5) is 11.8. The van der Waals surface area contributed by atoms with Gasteiger partial charge in [0, 0.05) is 6.20 Å². The number of nitriles is 1. The Morgan fingerprint density at radius 1 is 0.700 bits per heavy atom. The summed E-state index contributed by atoms with van der Waals surface area (Å²) < 4.78 is 0. The predicted molar refractivity (Wildman–Crippen MR) is 119 cm³/mol. The monoisotopic (exact) mass is 382 g/mol. The third kappa shape index (κ3) is 2.76. The van der Waals surface area contributed by atoms with Crippen molar-refractivity contribution in [1.29, 1.82) is 5.26 Å². The van der Waals surface area contributed by atoms with Crippen LogP contribution in [0.2, 0.25) is 0 Å². The number of rotatable bonds is 2. The lowest BCUT2D eigenvalue weighted by atomic mass is 9.86. The van der Waals surface area contributed by atoms with Gasteiger partial charge in [0.25, 0.3) is 5.82 Å². The third-order valence-corrected chi connectivity index (χ3v) is 5.24. The molecule has 0 unspecified atom stereocenters. The molecule has 0 N–H and O–H groups in total. The Hall–Kier alpha value is -4.54. The summed E-state index contributed by atoms with van der Waals surface area (Å²) in [6.45, 7) is 7.34. The summed E-state index contributed by atoms with van der Waals surface area (Å²) in [7, 11) is 0. The lowest BCUT2D eigenvalue weighted by Crippen LogP contribution is -1.92. The van der Waals surface area contributed by atoms with Gasteiger partial charge < -0.3 is 4.85 Å². The van der Waals surface area contributed by atoms with E-state index in [9.17, 15) is 5.26 Å². The normalized spacial score (nSPS) is 10.6. The zero-order chi connectivity index (χ0) is 20.5. The van der Waals surface area contributed by atoms with Crippen molar-refractivity contribution in [2.45, 2.75) is 0 Å². The fourth-order valence-electron chi connectivity index (χ4n) is 4.03. The van der Waals surface area contributed by atoms with Crippen LogP contribution in [0, 0.1) is 17.9 Å². The molecule has 4 nitrogen and oxygen atoms in total. The lowest BCUT2D eigenvalue weighted by Gasteiger charge is -2.17. The van der Waals surface area contributed by atoms with Crippen molar-refractivity contribution in [3.8, 4) is 28.3 Å². The Morgan fingerprint density at radius 2 is 1.20 bits per heavy atom. The summed E-state index contributed by atoms with van der Waals surface area (Å²) in [5, 5.41) is 13.7. The standard InChI is InChI=1S/C26H14N4/c1-28-24-15-18(11-13-30-24)26-22-8-4-2-6-20(22)25(21-7-3-5-9-23(21)26)17-10-12-29-19(14-17)16-27/h2-15H. The maximum absolute atomic E-state index is 9.34. The fourth-order valence-corrected chi connectivity index (χ4v) is 4.03. The van der Waals surface area contributed by atoms with E-state index >= 15 is 0 Å². The van der Waals surface area contributed by atoms with Crippen LogP contribution in [-0.4, -0.2) is 9.97 Å². The highest BCUT2D eigenvalue weighted by Crippen LogP contribution is 2.43. The summed E-state index contributed by atoms with van der Waals surface area (Å²) in [6.07, 6.45) is 3.36. The van der Waals surface area contributed by atoms with Gasteiger partial charge in [-0.2, -0.15) is 5.26 Å². The Balaban J connectivity index is 1.97. The van der Waals surface area contributed by atoms with Crippen molar-refractivity contribution in [2.75, 3.05) is 0 Å². The second-order valence-electron chi connectivity index (χ2n) is 6.90. The number of fused-ring (bicyclic) bond motifs is 2. The van der Waals surface area contributed by atoms with Gasteiger partial charge in [-0.25, -0.2) is 4.98 Å². The van der Waals surface area contributed by atoms with Crippen molar-refractivity contribution < 1.29 is 0 Å². The van der Waals surface area contributed by atoms with Crippen LogP contribution >= 0.6 is 0 Å². The van der Waals surface area contributed by atoms with Crippen LogP contribution in [0.4, 0.5) is 5.82 Å². The SMILES string of the molecule is [C-]#[N+]c1cc(-c2c3ccccc3c(-c3ccnc(C#N)c3)c3ccccc23)ccn1. The highest BCUT2D eigenvalue weighted by Gasteiger charge is 2.17. The molecule has 0 bridgehead atoms. The third-order valence-electron chi connectivity index (χ3n) is 5.24. The highest BCUT2D eigenvalue weighted by atomic mass is 14.8. The molecule has 30 heavy (non-hydrogen) atoms. The van der Waals surface area contributed by atoms with E-state index in [4.69, 9.17) is 6.57 Å². The Kier molecular flexibility index (Phi) is 4.17. The molecule has 5 aromatic rings. The van der Waals surface area contributed by atoms with Crippen molar-refractivity contribution >= 4 is 27.4 Å². The second kappa shape index (κ2) is 7.13. The van der Waals surface area contributed by atoms with E-state index in [0.29, 0.717) is 11.5 Å². The van der Waals surface area contributed by atoms with E-state index in [1.54, 1.807) is 12.4 Å². The van der Waals surface area contributed by atoms with E-state index in [1.165, 1.54) is 0 Å². The van der Waals surface area contributed by atoms with E-state index in [2.05, 4.69) is 45.1 Å². The van der Waals surface area contributed by atoms with Gasteiger partial charge >= 0.3 is 0 Å². The number of hydrogen-bond acceptors (Lipinski definition) is 3. The van der Waals surface area contributed by atoms with Crippen molar-refractivity contribution in [2.24, 2.45) is 0 Å². The molecule has 0 saturated carbocycles. The molecule has 4 heteroatoms. The first-order valence-electron chi connectivity index (χ1n) is 9.44. The molecule has 0 spiro atoms. The number of aromatic nitrogens is 2. The first-order chi connectivity index (χ1) is 14.8. The van der Waals surface area contributed by atoms with Crippen molar-refractivity contribution in [3.05, 3.63) is 102 Å². The Labute approximate surface area is 173 Å². The van der Waals surface area contributed by atoms with Crippen LogP contribution in [0.25, 0.3) is 48.6 Å². The Morgan fingerprint density at radius 3 is 1.70 bits per heavy atom. The average molecular weight is 382 g/mol. The van der Waals surface area contributed by atoms with E-state index in [1.807, 2.05) is 48.5 Å². The summed E-state index contributed by atoms with van der Waals surface area (Å²) in [5.74, 6) is 0.373. The zero-order valence-corrected chi connectivity index (χ0v) is 15.9. The average Bonchev–Trinajstić information content (AvgIpc) is 2.82. The molecule has 0 aliphatic carbocycles. The lowest BCUT2D eigenvalue weighted by molar-refractivity contribution is 1.27. The maximum atomic E-state index is 9.34. The first kappa shape index (κ1) is 17.6. The minimum atomic E-state index is 0.373. The molecular weight excluding hydrogens is 368 g/mol. The quantitative estimate of drug-likeness (QED) is 0.257. The summed E-state index contributed by atoms with van der Waals surface area (Å²) in [5.41, 5.74) is 4.45. The second-order valence-corrected chi connectivity index (χ2v) is 6.90. The van der Waals surface area contributed by atoms with Crippen LogP contribution in [0.1, 0.15) is 5.69 Å². The first-order valence-corrected chi connectivity index (χ1v) is 9.44. The van der Waals surface area contributed by atoms with Gasteiger partial charge in [0.2, 0.25) is 0 Å². The highest BCUT2D eigenvalue weighted by molar-refractivity contribution is 6.21. The minimum Gasteiger partial charge on any atom is -0.361 e. The Bertz CT molecular complexity index is 1350. The fraction of sp³-hybridized carbons (Fsp3) is 0. The number of nitrogens with zero attached hydrogens (tertiary/aromatic N) is 4. The van der Waals surface area contributed by atoms with Gasteiger partial charge in [0.15, 0.2) is 0 Å². The molecule has 2 aromatic heterocycles. The van der Waals surface area contributed by atoms with E-state index in [0.717, 1.165) is 43.8 Å². The number of benzene rings is 3. The minimum absolute atomic E-state index is 0.373. The molecule has 138 valence electrons. The van der Waals surface area contributed by atoms with Crippen LogP contribution < -0.4 is 0 Å². The van der Waals surface area contributed by atoms with Gasteiger partial charge in [0.1, 0.15) is 18.0 Å². The van der Waals surface area contributed by atoms with Crippen LogP contribution in [0.5, 0.6) is 0 Å². The number of hydrogen-bond donors (Lipinski definition) is 0. The molecule has 0 aliphatic heterocycles. The molecular formula is C26H14N4. The van der Waals surface area contributed by atoms with Gasteiger partial charge in [-0.3, -0.25) is 0 Å². The molecule has 0 aliphatic rings. The van der Waals surface area contributed by atoms with Crippen molar-refractivity contribution in [3.63, 3.8) is 0 Å². The molecule has 0 amide bonds. The topological polar surface area (TPSA) is 53.9 Å². The smallest absolute Gasteiger partial charge is 0.270 e.